The average molecular weight is 598 g/mol. The number of hydrogen-bond acceptors (Lipinski definition) is 9. The maximum Gasteiger partial charge on any atom is 0.340 e. The normalized spacial score (nSPS) is 15.8. The van der Waals surface area contributed by atoms with E-state index in [9.17, 15) is 23.9 Å². The zero-order chi connectivity index (χ0) is 31.5. The van der Waals surface area contributed by atoms with E-state index in [0.717, 1.165) is 0 Å². The summed E-state index contributed by atoms with van der Waals surface area (Å²) < 4.78 is 26.3. The predicted octanol–water partition coefficient (Wildman–Crippen LogP) is 3.49. The van der Waals surface area contributed by atoms with Crippen LogP contribution in [0.2, 0.25) is 0 Å². The highest BCUT2D eigenvalue weighted by Crippen LogP contribution is 2.37. The van der Waals surface area contributed by atoms with Gasteiger partial charge in [-0.3, -0.25) is 9.59 Å². The lowest BCUT2D eigenvalue weighted by molar-refractivity contribution is -0.166. The Morgan fingerprint density at radius 2 is 1.81 bits per heavy atom. The number of esters is 1. The third-order valence-corrected chi connectivity index (χ3v) is 7.17. The molecular weight excluding hydrogens is 557 g/mol. The van der Waals surface area contributed by atoms with E-state index in [1.807, 2.05) is 25.7 Å². The first-order valence-electron chi connectivity index (χ1n) is 14.4. The Hall–Kier alpha value is -3.90. The van der Waals surface area contributed by atoms with Crippen LogP contribution in [0.1, 0.15) is 80.9 Å². The molecule has 43 heavy (non-hydrogen) atoms. The number of carbonyl (C=O) groups is 3. The van der Waals surface area contributed by atoms with Gasteiger partial charge in [0.1, 0.15) is 11.6 Å². The molecule has 1 atom stereocenters. The number of piperidine rings is 1. The molecule has 3 heterocycles. The molecule has 0 bridgehead atoms. The number of benzene rings is 1. The van der Waals surface area contributed by atoms with Gasteiger partial charge in [-0.05, 0) is 72.1 Å². The van der Waals surface area contributed by atoms with E-state index in [1.165, 1.54) is 34.8 Å². The number of carbonyl (C=O) groups excluding carboxylic acids is 3. The number of ketones is 1. The molecule has 1 fully saturated rings. The highest BCUT2D eigenvalue weighted by Gasteiger charge is 2.37. The lowest BCUT2D eigenvalue weighted by Gasteiger charge is -2.39. The molecule has 1 aromatic carbocycles. The van der Waals surface area contributed by atoms with Crippen LogP contribution >= 0.6 is 0 Å². The molecule has 1 saturated heterocycles. The fraction of sp³-hybridized carbons (Fsp3) is 0.516. The van der Waals surface area contributed by atoms with Crippen molar-refractivity contribution in [1.82, 2.24) is 19.9 Å². The Balaban J connectivity index is 1.70. The van der Waals surface area contributed by atoms with Crippen LogP contribution < -0.4 is 10.2 Å². The number of anilines is 1. The molecule has 0 aliphatic carbocycles. The Labute approximate surface area is 250 Å². The summed E-state index contributed by atoms with van der Waals surface area (Å²) in [5, 5.41) is 17.8. The van der Waals surface area contributed by atoms with Gasteiger partial charge in [0.25, 0.3) is 5.91 Å². The molecule has 1 unspecified atom stereocenters. The zero-order valence-electron chi connectivity index (χ0n) is 25.6. The number of nitrogens with zero attached hydrogens (tertiary/aromatic N) is 4. The summed E-state index contributed by atoms with van der Waals surface area (Å²) in [4.78, 5) is 45.6. The molecule has 1 aliphatic heterocycles. The number of aromatic nitrogens is 3. The van der Waals surface area contributed by atoms with Gasteiger partial charge in [-0.1, -0.05) is 12.1 Å². The Kier molecular flexibility index (Phi) is 9.50. The van der Waals surface area contributed by atoms with Gasteiger partial charge < -0.3 is 24.8 Å². The van der Waals surface area contributed by atoms with Gasteiger partial charge >= 0.3 is 5.97 Å². The molecule has 4 rings (SSSR count). The van der Waals surface area contributed by atoms with Crippen molar-refractivity contribution in [2.75, 3.05) is 31.1 Å². The number of amides is 1. The van der Waals surface area contributed by atoms with E-state index in [1.54, 1.807) is 20.8 Å². The molecule has 1 amide bonds. The molecule has 2 N–H and O–H groups in total. The number of rotatable bonds is 10. The van der Waals surface area contributed by atoms with Crippen LogP contribution in [0.4, 0.5) is 10.2 Å². The Morgan fingerprint density at radius 3 is 2.42 bits per heavy atom. The Morgan fingerprint density at radius 1 is 1.16 bits per heavy atom. The van der Waals surface area contributed by atoms with Crippen LogP contribution in [0, 0.1) is 12.7 Å². The predicted molar refractivity (Wildman–Crippen MR) is 157 cm³/mol. The van der Waals surface area contributed by atoms with Crippen molar-refractivity contribution < 1.29 is 33.4 Å². The lowest BCUT2D eigenvalue weighted by Crippen LogP contribution is -2.44. The van der Waals surface area contributed by atoms with Crippen LogP contribution in [-0.4, -0.2) is 74.8 Å². The Bertz CT molecular complexity index is 1490. The summed E-state index contributed by atoms with van der Waals surface area (Å²) in [6, 6.07) is 7.13. The van der Waals surface area contributed by atoms with Crippen molar-refractivity contribution in [2.45, 2.75) is 78.1 Å². The molecule has 12 heteroatoms. The van der Waals surface area contributed by atoms with Crippen molar-refractivity contribution in [3.05, 3.63) is 58.7 Å². The molecule has 3 aromatic rings. The van der Waals surface area contributed by atoms with E-state index in [0.29, 0.717) is 54.2 Å². The van der Waals surface area contributed by atoms with Gasteiger partial charge in [-0.2, -0.15) is 9.61 Å². The molecule has 11 nitrogen and oxygen atoms in total. The second kappa shape index (κ2) is 12.8. The van der Waals surface area contributed by atoms with Crippen molar-refractivity contribution in [3.63, 3.8) is 0 Å². The maximum absolute atomic E-state index is 13.3. The smallest absolute Gasteiger partial charge is 0.340 e. The zero-order valence-corrected chi connectivity index (χ0v) is 25.6. The summed E-state index contributed by atoms with van der Waals surface area (Å²) in [5.74, 6) is -1.27. The molecule has 0 radical (unpaired) electrons. The standard InChI is InChI=1S/C31H40FN5O6/c1-7-42-29(40)26(43-30(3,4)5)25-19(2)34-24-17-23(35-37(24)28(25)36-14-12-31(6,41)13-15-36)27(39)33-18-22(38)16-20-8-10-21(32)11-9-20/h8-11,17,26,41H,7,12-16,18H2,1-6H3,(H,33,39). The van der Waals surface area contributed by atoms with Crippen LogP contribution in [0.15, 0.2) is 30.3 Å². The topological polar surface area (TPSA) is 135 Å². The van der Waals surface area contributed by atoms with E-state index < -0.39 is 35.0 Å². The highest BCUT2D eigenvalue weighted by atomic mass is 19.1. The van der Waals surface area contributed by atoms with Gasteiger partial charge in [-0.15, -0.1) is 0 Å². The highest BCUT2D eigenvalue weighted by molar-refractivity contribution is 5.96. The van der Waals surface area contributed by atoms with E-state index in [2.05, 4.69) is 15.4 Å². The van der Waals surface area contributed by atoms with Gasteiger partial charge in [0.05, 0.1) is 29.9 Å². The third kappa shape index (κ3) is 7.94. The first kappa shape index (κ1) is 32.0. The summed E-state index contributed by atoms with van der Waals surface area (Å²) in [5.41, 5.74) is 0.463. The minimum absolute atomic E-state index is 0.0355. The average Bonchev–Trinajstić information content (AvgIpc) is 3.35. The van der Waals surface area contributed by atoms with Crippen LogP contribution in [0.3, 0.4) is 0 Å². The van der Waals surface area contributed by atoms with E-state index >= 15 is 0 Å². The largest absolute Gasteiger partial charge is 0.464 e. The first-order valence-corrected chi connectivity index (χ1v) is 14.4. The van der Waals surface area contributed by atoms with Gasteiger partial charge in [0, 0.05) is 31.3 Å². The molecule has 232 valence electrons. The van der Waals surface area contributed by atoms with E-state index in [4.69, 9.17) is 9.47 Å². The number of aryl methyl sites for hydroxylation is 1. The van der Waals surface area contributed by atoms with Gasteiger partial charge in [0.2, 0.25) is 0 Å². The number of fused-ring (bicyclic) bond motifs is 1. The van der Waals surface area contributed by atoms with Crippen molar-refractivity contribution in [1.29, 1.82) is 0 Å². The van der Waals surface area contributed by atoms with Crippen molar-refractivity contribution in [3.8, 4) is 0 Å². The monoisotopic (exact) mass is 597 g/mol. The number of nitrogens with one attached hydrogen (secondary N) is 1. The minimum atomic E-state index is -1.13. The number of hydrogen-bond donors (Lipinski definition) is 2. The number of aliphatic hydroxyl groups is 1. The van der Waals surface area contributed by atoms with Crippen molar-refractivity contribution >= 4 is 29.1 Å². The molecule has 2 aromatic heterocycles. The summed E-state index contributed by atoms with van der Waals surface area (Å²) in [7, 11) is 0. The van der Waals surface area contributed by atoms with Crippen LogP contribution in [0.5, 0.6) is 0 Å². The second-order valence-electron chi connectivity index (χ2n) is 12.1. The van der Waals surface area contributed by atoms with Crippen LogP contribution in [0.25, 0.3) is 5.65 Å². The number of halogens is 1. The quantitative estimate of drug-likeness (QED) is 0.337. The molecule has 0 saturated carbocycles. The first-order chi connectivity index (χ1) is 20.2. The summed E-state index contributed by atoms with van der Waals surface area (Å²) >= 11 is 0. The minimum Gasteiger partial charge on any atom is -0.464 e. The molecular formula is C31H40FN5O6. The molecule has 1 aliphatic rings. The fourth-order valence-electron chi connectivity index (χ4n) is 5.00. The van der Waals surface area contributed by atoms with Crippen LogP contribution in [-0.2, 0) is 25.5 Å². The second-order valence-corrected chi connectivity index (χ2v) is 12.1. The van der Waals surface area contributed by atoms with Crippen molar-refractivity contribution in [2.24, 2.45) is 0 Å². The number of Topliss-reactive ketones (excluding diaryl/α,β-unsaturated/α-hetero) is 1. The SMILES string of the molecule is CCOC(=O)C(OC(C)(C)C)c1c(C)nc2cc(C(=O)NCC(=O)Cc3ccc(F)cc3)nn2c1N1CCC(C)(O)CC1. The van der Waals surface area contributed by atoms with Gasteiger partial charge in [-0.25, -0.2) is 14.2 Å². The van der Waals surface area contributed by atoms with Gasteiger partial charge in [0.15, 0.2) is 23.2 Å². The summed E-state index contributed by atoms with van der Waals surface area (Å²) in [6.07, 6.45) is -0.129. The molecule has 0 spiro atoms. The summed E-state index contributed by atoms with van der Waals surface area (Å²) in [6.45, 7) is 11.6. The van der Waals surface area contributed by atoms with E-state index in [-0.39, 0.29) is 31.0 Å². The maximum atomic E-state index is 13.3. The number of ether oxygens (including phenoxy) is 2. The fourth-order valence-corrected chi connectivity index (χ4v) is 5.00. The lowest BCUT2D eigenvalue weighted by atomic mass is 9.93. The third-order valence-electron chi connectivity index (χ3n) is 7.17.